The van der Waals surface area contributed by atoms with E-state index >= 15 is 0 Å². The summed E-state index contributed by atoms with van der Waals surface area (Å²) in [7, 11) is 0. The van der Waals surface area contributed by atoms with Crippen molar-refractivity contribution in [1.29, 1.82) is 0 Å². The molecule has 0 bridgehead atoms. The number of para-hydroxylation sites is 1. The Morgan fingerprint density at radius 2 is 1.92 bits per heavy atom. The monoisotopic (exact) mass is 170 g/mol. The molecule has 1 aromatic carbocycles. The van der Waals surface area contributed by atoms with Gasteiger partial charge in [0.1, 0.15) is 11.3 Å². The minimum absolute atomic E-state index is 0.0688. The molecule has 0 saturated carbocycles. The average molecular weight is 170 g/mol. The molecule has 1 aliphatic carbocycles. The molecule has 0 radical (unpaired) electrons. The summed E-state index contributed by atoms with van der Waals surface area (Å²) in [5, 5.41) is 0.658. The van der Waals surface area contributed by atoms with Crippen LogP contribution in [-0.4, -0.2) is 0 Å². The van der Waals surface area contributed by atoms with Crippen molar-refractivity contribution in [2.45, 2.75) is 0 Å². The summed E-state index contributed by atoms with van der Waals surface area (Å²) >= 11 is 0. The Hall–Kier alpha value is -1.83. The average Bonchev–Trinajstić information content (AvgIpc) is 2.11. The van der Waals surface area contributed by atoms with Crippen molar-refractivity contribution >= 4 is 23.1 Å². The molecular formula is C11H6O2. The van der Waals surface area contributed by atoms with Crippen molar-refractivity contribution in [3.05, 3.63) is 45.8 Å². The lowest BCUT2D eigenvalue weighted by Crippen LogP contribution is -2.10. The molecule has 62 valence electrons. The van der Waals surface area contributed by atoms with Crippen LogP contribution in [-0.2, 0) is 0 Å². The number of benzene rings is 1. The third-order valence-corrected chi connectivity index (χ3v) is 2.26. The van der Waals surface area contributed by atoms with Gasteiger partial charge in [-0.15, -0.1) is 0 Å². The van der Waals surface area contributed by atoms with Gasteiger partial charge in [-0.2, -0.15) is 0 Å². The van der Waals surface area contributed by atoms with E-state index in [2.05, 4.69) is 0 Å². The molecule has 0 fully saturated rings. The third kappa shape index (κ3) is 0.746. The van der Waals surface area contributed by atoms with E-state index in [1.54, 1.807) is 12.1 Å². The molecule has 3 rings (SSSR count). The fraction of sp³-hybridized carbons (Fsp3) is 0. The summed E-state index contributed by atoms with van der Waals surface area (Å²) in [6.07, 6.45) is 3.59. The van der Waals surface area contributed by atoms with E-state index in [1.165, 1.54) is 0 Å². The maximum atomic E-state index is 11.7. The van der Waals surface area contributed by atoms with Gasteiger partial charge in [-0.25, -0.2) is 0 Å². The molecule has 0 N–H and O–H groups in total. The summed E-state index contributed by atoms with van der Waals surface area (Å²) in [4.78, 5) is 11.7. The maximum Gasteiger partial charge on any atom is 0.200 e. The first kappa shape index (κ1) is 6.66. The molecule has 0 aliphatic heterocycles. The highest BCUT2D eigenvalue weighted by Gasteiger charge is 2.14. The Balaban J connectivity index is 2.60. The Bertz CT molecular complexity index is 576. The minimum Gasteiger partial charge on any atom is -0.456 e. The molecule has 0 spiro atoms. The van der Waals surface area contributed by atoms with Crippen LogP contribution in [0.15, 0.2) is 33.5 Å². The second-order valence-electron chi connectivity index (χ2n) is 3.04. The maximum absolute atomic E-state index is 11.7. The first-order valence-corrected chi connectivity index (χ1v) is 4.10. The van der Waals surface area contributed by atoms with E-state index < -0.39 is 0 Å². The van der Waals surface area contributed by atoms with Crippen molar-refractivity contribution in [2.24, 2.45) is 0 Å². The summed E-state index contributed by atoms with van der Waals surface area (Å²) < 4.78 is 5.47. The van der Waals surface area contributed by atoms with Crippen LogP contribution in [0, 0.1) is 0 Å². The van der Waals surface area contributed by atoms with Crippen LogP contribution >= 0.6 is 0 Å². The number of hydrogen-bond donors (Lipinski definition) is 0. The molecule has 13 heavy (non-hydrogen) atoms. The van der Waals surface area contributed by atoms with Gasteiger partial charge in [0.15, 0.2) is 0 Å². The lowest BCUT2D eigenvalue weighted by atomic mass is 10.0. The van der Waals surface area contributed by atoms with Crippen LogP contribution < -0.4 is 5.43 Å². The standard InChI is InChI=1S/C11H6O2/c12-11-7-3-1-2-4-9(7)13-10-6-5-8(10)11/h1-6H. The van der Waals surface area contributed by atoms with E-state index in [4.69, 9.17) is 4.42 Å². The van der Waals surface area contributed by atoms with E-state index in [9.17, 15) is 4.79 Å². The molecule has 0 unspecified atom stereocenters. The molecule has 2 aromatic rings. The Morgan fingerprint density at radius 1 is 1.08 bits per heavy atom. The Kier molecular flexibility index (Phi) is 1.08. The second kappa shape index (κ2) is 2.10. The molecule has 1 aromatic heterocycles. The summed E-state index contributed by atoms with van der Waals surface area (Å²) in [6, 6.07) is 7.30. The van der Waals surface area contributed by atoms with E-state index in [-0.39, 0.29) is 5.43 Å². The largest absolute Gasteiger partial charge is 0.456 e. The highest BCUT2D eigenvalue weighted by Crippen LogP contribution is 2.24. The zero-order chi connectivity index (χ0) is 8.84. The number of fused-ring (bicyclic) bond motifs is 2. The quantitative estimate of drug-likeness (QED) is 0.518. The summed E-state index contributed by atoms with van der Waals surface area (Å²) in [5.74, 6) is 0.698. The van der Waals surface area contributed by atoms with Gasteiger partial charge in [-0.05, 0) is 24.3 Å². The molecule has 0 amide bonds. The Labute approximate surface area is 74.1 Å². The van der Waals surface area contributed by atoms with Gasteiger partial charge in [-0.1, -0.05) is 12.1 Å². The van der Waals surface area contributed by atoms with Gasteiger partial charge in [-0.3, -0.25) is 4.79 Å². The lowest BCUT2D eigenvalue weighted by Gasteiger charge is -2.08. The van der Waals surface area contributed by atoms with Crippen molar-refractivity contribution in [3.8, 4) is 0 Å². The zero-order valence-electron chi connectivity index (χ0n) is 6.78. The SMILES string of the molecule is O=c1c2c(oc3ccccc13)C=C2. The summed E-state index contributed by atoms with van der Waals surface area (Å²) in [5.41, 5.74) is 1.42. The van der Waals surface area contributed by atoms with Crippen LogP contribution in [0.3, 0.4) is 0 Å². The summed E-state index contributed by atoms with van der Waals surface area (Å²) in [6.45, 7) is 0. The van der Waals surface area contributed by atoms with Gasteiger partial charge in [0.05, 0.1) is 10.9 Å². The zero-order valence-corrected chi connectivity index (χ0v) is 6.78. The van der Waals surface area contributed by atoms with Gasteiger partial charge in [0, 0.05) is 0 Å². The van der Waals surface area contributed by atoms with Crippen LogP contribution in [0.4, 0.5) is 0 Å². The molecular weight excluding hydrogens is 164 g/mol. The first-order chi connectivity index (χ1) is 6.36. The van der Waals surface area contributed by atoms with Crippen LogP contribution in [0.1, 0.15) is 11.3 Å². The number of hydrogen-bond acceptors (Lipinski definition) is 2. The van der Waals surface area contributed by atoms with Crippen molar-refractivity contribution in [3.63, 3.8) is 0 Å². The fourth-order valence-electron chi connectivity index (χ4n) is 1.52. The topological polar surface area (TPSA) is 30.2 Å². The molecule has 1 heterocycles. The number of rotatable bonds is 0. The van der Waals surface area contributed by atoms with Gasteiger partial charge in [0.2, 0.25) is 5.43 Å². The smallest absolute Gasteiger partial charge is 0.200 e. The Morgan fingerprint density at radius 3 is 2.69 bits per heavy atom. The lowest BCUT2D eigenvalue weighted by molar-refractivity contribution is 0.585. The third-order valence-electron chi connectivity index (χ3n) is 2.26. The van der Waals surface area contributed by atoms with Crippen LogP contribution in [0.5, 0.6) is 0 Å². The minimum atomic E-state index is 0.0688. The van der Waals surface area contributed by atoms with E-state index in [0.29, 0.717) is 22.3 Å². The van der Waals surface area contributed by atoms with Crippen LogP contribution in [0.25, 0.3) is 23.1 Å². The van der Waals surface area contributed by atoms with Gasteiger partial charge >= 0.3 is 0 Å². The second-order valence-corrected chi connectivity index (χ2v) is 3.04. The van der Waals surface area contributed by atoms with Crippen LogP contribution in [0.2, 0.25) is 0 Å². The first-order valence-electron chi connectivity index (χ1n) is 4.10. The fourth-order valence-corrected chi connectivity index (χ4v) is 1.52. The van der Waals surface area contributed by atoms with Crippen molar-refractivity contribution < 1.29 is 4.42 Å². The van der Waals surface area contributed by atoms with Gasteiger partial charge < -0.3 is 4.42 Å². The van der Waals surface area contributed by atoms with Crippen molar-refractivity contribution in [2.75, 3.05) is 0 Å². The molecule has 2 heteroatoms. The van der Waals surface area contributed by atoms with Crippen molar-refractivity contribution in [1.82, 2.24) is 0 Å². The van der Waals surface area contributed by atoms with E-state index in [1.807, 2.05) is 24.3 Å². The molecule has 1 aliphatic rings. The normalized spacial score (nSPS) is 12.6. The van der Waals surface area contributed by atoms with E-state index in [0.717, 1.165) is 0 Å². The highest BCUT2D eigenvalue weighted by atomic mass is 16.3. The molecule has 2 nitrogen and oxygen atoms in total. The predicted octanol–water partition coefficient (Wildman–Crippen LogP) is 2.28. The predicted molar refractivity (Wildman–Crippen MR) is 51.4 cm³/mol. The molecule has 0 atom stereocenters. The molecule has 0 saturated heterocycles. The van der Waals surface area contributed by atoms with Gasteiger partial charge in [0.25, 0.3) is 0 Å². The highest BCUT2D eigenvalue weighted by molar-refractivity contribution is 5.89.